The van der Waals surface area contributed by atoms with Gasteiger partial charge >= 0.3 is 0 Å². The number of amides is 1. The van der Waals surface area contributed by atoms with Crippen molar-refractivity contribution >= 4 is 37.5 Å². The third-order valence-electron chi connectivity index (χ3n) is 5.22. The molecule has 1 N–H and O–H groups in total. The fourth-order valence-corrected chi connectivity index (χ4v) is 5.25. The third kappa shape index (κ3) is 4.47. The highest BCUT2D eigenvalue weighted by Gasteiger charge is 2.28. The molecule has 2 aromatic rings. The number of nitrogens with zero attached hydrogens (tertiary/aromatic N) is 1. The van der Waals surface area contributed by atoms with Crippen molar-refractivity contribution in [3.63, 3.8) is 0 Å². The van der Waals surface area contributed by atoms with Gasteiger partial charge in [0.15, 0.2) is 0 Å². The highest BCUT2D eigenvalue weighted by molar-refractivity contribution is 9.10. The molecular formula is C21H23BrN2O3S. The van der Waals surface area contributed by atoms with Crippen LogP contribution in [0.1, 0.15) is 36.8 Å². The average molecular weight is 463 g/mol. The van der Waals surface area contributed by atoms with Crippen LogP contribution in [-0.2, 0) is 27.7 Å². The van der Waals surface area contributed by atoms with E-state index in [4.69, 9.17) is 0 Å². The largest absolute Gasteiger partial charge is 0.312 e. The number of anilines is 1. The summed E-state index contributed by atoms with van der Waals surface area (Å²) in [6.07, 6.45) is 4.78. The summed E-state index contributed by atoms with van der Waals surface area (Å²) >= 11 is 3.49. The fourth-order valence-electron chi connectivity index (χ4n) is 3.53. The van der Waals surface area contributed by atoms with Gasteiger partial charge in [-0.05, 0) is 73.6 Å². The number of carbonyl (C=O) groups is 1. The number of rotatable bonds is 6. The lowest BCUT2D eigenvalue weighted by molar-refractivity contribution is -0.118. The summed E-state index contributed by atoms with van der Waals surface area (Å²) in [5.74, 6) is 0.107. The van der Waals surface area contributed by atoms with E-state index in [0.29, 0.717) is 12.8 Å². The van der Waals surface area contributed by atoms with E-state index in [2.05, 4.69) is 26.7 Å². The van der Waals surface area contributed by atoms with E-state index in [-0.39, 0.29) is 16.8 Å². The second kappa shape index (κ2) is 7.97. The van der Waals surface area contributed by atoms with Gasteiger partial charge in [0.05, 0.1) is 4.90 Å². The van der Waals surface area contributed by atoms with E-state index in [1.165, 1.54) is 5.56 Å². The van der Waals surface area contributed by atoms with E-state index in [0.717, 1.165) is 48.0 Å². The molecule has 2 aliphatic rings. The third-order valence-corrected chi connectivity index (χ3v) is 7.25. The molecule has 0 atom stereocenters. The standard InChI is InChI=1S/C21H23BrN2O3S/c22-17-6-11-20-16(14-17)2-1-13-24(20)21(25)12-5-15-3-9-19(10-4-15)28(26,27)23-18-7-8-18/h3-4,6,9-11,14,18,23H,1-2,5,7-8,12-13H2. The topological polar surface area (TPSA) is 66.5 Å². The number of halogens is 1. The van der Waals surface area contributed by atoms with Gasteiger partial charge in [0.25, 0.3) is 0 Å². The maximum Gasteiger partial charge on any atom is 0.240 e. The SMILES string of the molecule is O=C(CCc1ccc(S(=O)(=O)NC2CC2)cc1)N1CCCc2cc(Br)ccc21. The number of aryl methyl sites for hydroxylation is 2. The van der Waals surface area contributed by atoms with Crippen molar-refractivity contribution in [3.05, 3.63) is 58.1 Å². The van der Waals surface area contributed by atoms with Gasteiger partial charge in [0.1, 0.15) is 0 Å². The van der Waals surface area contributed by atoms with Crippen molar-refractivity contribution in [3.8, 4) is 0 Å². The first-order valence-electron chi connectivity index (χ1n) is 9.62. The summed E-state index contributed by atoms with van der Waals surface area (Å²) in [4.78, 5) is 14.9. The van der Waals surface area contributed by atoms with E-state index in [1.807, 2.05) is 17.0 Å². The summed E-state index contributed by atoms with van der Waals surface area (Å²) in [6, 6.07) is 13.0. The first-order chi connectivity index (χ1) is 13.4. The number of benzene rings is 2. The first kappa shape index (κ1) is 19.6. The molecule has 0 spiro atoms. The van der Waals surface area contributed by atoms with Gasteiger partial charge in [0, 0.05) is 29.2 Å². The Morgan fingerprint density at radius 3 is 2.61 bits per heavy atom. The summed E-state index contributed by atoms with van der Waals surface area (Å²) in [5.41, 5.74) is 3.17. The van der Waals surface area contributed by atoms with Crippen LogP contribution in [0.25, 0.3) is 0 Å². The molecule has 1 heterocycles. The van der Waals surface area contributed by atoms with Gasteiger partial charge < -0.3 is 4.90 Å². The Morgan fingerprint density at radius 2 is 1.89 bits per heavy atom. The highest BCUT2D eigenvalue weighted by atomic mass is 79.9. The summed E-state index contributed by atoms with van der Waals surface area (Å²) in [5, 5.41) is 0. The van der Waals surface area contributed by atoms with Crippen LogP contribution in [0, 0.1) is 0 Å². The van der Waals surface area contributed by atoms with Crippen LogP contribution in [-0.4, -0.2) is 26.9 Å². The minimum Gasteiger partial charge on any atom is -0.312 e. The maximum atomic E-state index is 12.8. The van der Waals surface area contributed by atoms with Crippen molar-refractivity contribution in [2.24, 2.45) is 0 Å². The number of hydrogen-bond donors (Lipinski definition) is 1. The molecule has 0 radical (unpaired) electrons. The molecule has 1 aliphatic heterocycles. The van der Waals surface area contributed by atoms with E-state index >= 15 is 0 Å². The molecule has 2 aromatic carbocycles. The van der Waals surface area contributed by atoms with Crippen LogP contribution in [0.15, 0.2) is 51.8 Å². The number of nitrogens with one attached hydrogen (secondary N) is 1. The molecule has 0 bridgehead atoms. The Kier molecular flexibility index (Phi) is 5.58. The zero-order valence-corrected chi connectivity index (χ0v) is 17.9. The number of carbonyl (C=O) groups excluding carboxylic acids is 1. The Balaban J connectivity index is 1.39. The molecule has 28 heavy (non-hydrogen) atoms. The predicted molar refractivity (Wildman–Crippen MR) is 113 cm³/mol. The highest BCUT2D eigenvalue weighted by Crippen LogP contribution is 2.30. The van der Waals surface area contributed by atoms with E-state index in [1.54, 1.807) is 24.3 Å². The minimum atomic E-state index is -3.43. The van der Waals surface area contributed by atoms with E-state index in [9.17, 15) is 13.2 Å². The van der Waals surface area contributed by atoms with Crippen molar-refractivity contribution < 1.29 is 13.2 Å². The molecule has 0 unspecified atom stereocenters. The first-order valence-corrected chi connectivity index (χ1v) is 11.9. The zero-order chi connectivity index (χ0) is 19.7. The van der Waals surface area contributed by atoms with Crippen molar-refractivity contribution in [2.45, 2.75) is 49.5 Å². The number of sulfonamides is 1. The number of hydrogen-bond acceptors (Lipinski definition) is 3. The molecule has 148 valence electrons. The Labute approximate surface area is 174 Å². The van der Waals surface area contributed by atoms with Gasteiger partial charge in [-0.2, -0.15) is 0 Å². The second-order valence-electron chi connectivity index (χ2n) is 7.46. The molecule has 5 nitrogen and oxygen atoms in total. The molecule has 0 aromatic heterocycles. The van der Waals surface area contributed by atoms with E-state index < -0.39 is 10.0 Å². The van der Waals surface area contributed by atoms with Gasteiger partial charge in [-0.25, -0.2) is 13.1 Å². The molecular weight excluding hydrogens is 440 g/mol. The van der Waals surface area contributed by atoms with Crippen LogP contribution in [0.2, 0.25) is 0 Å². The number of fused-ring (bicyclic) bond motifs is 1. The summed E-state index contributed by atoms with van der Waals surface area (Å²) in [7, 11) is -3.43. The maximum absolute atomic E-state index is 12.8. The van der Waals surface area contributed by atoms with Crippen molar-refractivity contribution in [1.82, 2.24) is 4.72 Å². The van der Waals surface area contributed by atoms with Crippen LogP contribution in [0.5, 0.6) is 0 Å². The lowest BCUT2D eigenvalue weighted by Crippen LogP contribution is -2.35. The molecule has 4 rings (SSSR count). The summed E-state index contributed by atoms with van der Waals surface area (Å²) < 4.78 is 28.2. The van der Waals surface area contributed by atoms with Crippen LogP contribution in [0.3, 0.4) is 0 Å². The Hall–Kier alpha value is -1.70. The quantitative estimate of drug-likeness (QED) is 0.709. The van der Waals surface area contributed by atoms with Crippen LogP contribution >= 0.6 is 15.9 Å². The molecule has 0 saturated heterocycles. The average Bonchev–Trinajstić information content (AvgIpc) is 3.49. The normalized spacial score (nSPS) is 16.7. The zero-order valence-electron chi connectivity index (χ0n) is 15.5. The smallest absolute Gasteiger partial charge is 0.240 e. The van der Waals surface area contributed by atoms with Crippen LogP contribution < -0.4 is 9.62 Å². The lowest BCUT2D eigenvalue weighted by atomic mass is 10.0. The van der Waals surface area contributed by atoms with Crippen molar-refractivity contribution in [1.29, 1.82) is 0 Å². The molecule has 7 heteroatoms. The molecule has 1 saturated carbocycles. The van der Waals surface area contributed by atoms with Gasteiger partial charge in [-0.15, -0.1) is 0 Å². The lowest BCUT2D eigenvalue weighted by Gasteiger charge is -2.29. The Morgan fingerprint density at radius 1 is 1.14 bits per heavy atom. The minimum absolute atomic E-state index is 0.0929. The van der Waals surface area contributed by atoms with Crippen molar-refractivity contribution in [2.75, 3.05) is 11.4 Å². The van der Waals surface area contributed by atoms with Gasteiger partial charge in [0.2, 0.25) is 15.9 Å². The molecule has 1 amide bonds. The Bertz CT molecular complexity index is 985. The predicted octanol–water partition coefficient (Wildman–Crippen LogP) is 3.80. The van der Waals surface area contributed by atoms with Gasteiger partial charge in [-0.1, -0.05) is 28.1 Å². The second-order valence-corrected chi connectivity index (χ2v) is 10.1. The molecule has 1 fully saturated rings. The molecule has 1 aliphatic carbocycles. The van der Waals surface area contributed by atoms with Gasteiger partial charge in [-0.3, -0.25) is 4.79 Å². The van der Waals surface area contributed by atoms with Crippen LogP contribution in [0.4, 0.5) is 5.69 Å². The summed E-state index contributed by atoms with van der Waals surface area (Å²) in [6.45, 7) is 0.748. The fraction of sp³-hybridized carbons (Fsp3) is 0.381. The monoisotopic (exact) mass is 462 g/mol.